The third-order valence-corrected chi connectivity index (χ3v) is 1.70. The lowest BCUT2D eigenvalue weighted by Crippen LogP contribution is -2.50. The van der Waals surface area contributed by atoms with Crippen molar-refractivity contribution in [3.8, 4) is 6.07 Å². The van der Waals surface area contributed by atoms with Crippen LogP contribution in [0.25, 0.3) is 0 Å². The van der Waals surface area contributed by atoms with Gasteiger partial charge in [-0.05, 0) is 0 Å². The molecule has 1 N–H and O–H groups in total. The van der Waals surface area contributed by atoms with E-state index in [9.17, 15) is 30.7 Å². The summed E-state index contributed by atoms with van der Waals surface area (Å²) >= 11 is 0. The molecule has 11 heteroatoms. The molecule has 0 atom stereocenters. The largest absolute Gasteiger partial charge is 0.460 e. The van der Waals surface area contributed by atoms with Gasteiger partial charge in [-0.3, -0.25) is 0 Å². The molecular weight excluding hydrogens is 261 g/mol. The first-order chi connectivity index (χ1) is 7.55. The Morgan fingerprint density at radius 2 is 1.53 bits per heavy atom. The van der Waals surface area contributed by atoms with E-state index >= 15 is 0 Å². The van der Waals surface area contributed by atoms with Crippen LogP contribution in [0.15, 0.2) is 0 Å². The summed E-state index contributed by atoms with van der Waals surface area (Å²) in [6, 6.07) is 0.920. The molecule has 0 radical (unpaired) electrons. The van der Waals surface area contributed by atoms with Crippen molar-refractivity contribution in [2.45, 2.75) is 18.0 Å². The Bertz CT molecular complexity index is 454. The Morgan fingerprint density at radius 3 is 1.94 bits per heavy atom. The molecule has 1 rings (SSSR count). The number of aromatic nitrogens is 3. The van der Waals surface area contributed by atoms with Crippen molar-refractivity contribution in [3.63, 3.8) is 0 Å². The van der Waals surface area contributed by atoms with Crippen molar-refractivity contribution in [1.82, 2.24) is 15.4 Å². The van der Waals surface area contributed by atoms with E-state index in [4.69, 9.17) is 5.26 Å². The predicted molar refractivity (Wildman–Crippen MR) is 36.0 cm³/mol. The van der Waals surface area contributed by atoms with Crippen molar-refractivity contribution in [1.29, 1.82) is 5.26 Å². The van der Waals surface area contributed by atoms with E-state index in [0.29, 0.717) is 0 Å². The van der Waals surface area contributed by atoms with Crippen LogP contribution in [0, 0.1) is 11.3 Å². The molecule has 0 fully saturated rings. The molecule has 0 saturated heterocycles. The van der Waals surface area contributed by atoms with Gasteiger partial charge in [0.25, 0.3) is 0 Å². The zero-order chi connectivity index (χ0) is 13.5. The van der Waals surface area contributed by atoms with E-state index < -0.39 is 29.4 Å². The molecule has 0 amide bonds. The molecule has 0 aliphatic heterocycles. The Hall–Kier alpha value is -1.86. The summed E-state index contributed by atoms with van der Waals surface area (Å²) < 4.78 is 86.3. The molecule has 0 bridgehead atoms. The van der Waals surface area contributed by atoms with Gasteiger partial charge in [0.1, 0.15) is 6.07 Å². The number of hydrogen-bond acceptors (Lipinski definition) is 3. The smallest absolute Gasteiger partial charge is 0.196 e. The number of nitriles is 1. The molecule has 17 heavy (non-hydrogen) atoms. The van der Waals surface area contributed by atoms with Crippen molar-refractivity contribution in [3.05, 3.63) is 11.4 Å². The maximum Gasteiger partial charge on any atom is 0.460 e. The Kier molecular flexibility index (Phi) is 2.78. The van der Waals surface area contributed by atoms with Gasteiger partial charge < -0.3 is 0 Å². The van der Waals surface area contributed by atoms with Crippen LogP contribution in [0.4, 0.5) is 30.7 Å². The lowest BCUT2D eigenvalue weighted by molar-refractivity contribution is -0.360. The van der Waals surface area contributed by atoms with Crippen molar-refractivity contribution >= 4 is 0 Å². The van der Waals surface area contributed by atoms with Crippen LogP contribution in [-0.4, -0.2) is 27.5 Å². The molecule has 0 saturated carbocycles. The number of aromatic amines is 1. The molecule has 0 unspecified atom stereocenters. The van der Waals surface area contributed by atoms with Crippen LogP contribution in [0.2, 0.25) is 0 Å². The first kappa shape index (κ1) is 13.2. The van der Waals surface area contributed by atoms with Gasteiger partial charge >= 0.3 is 18.0 Å². The first-order valence-electron chi connectivity index (χ1n) is 3.69. The third-order valence-electron chi connectivity index (χ3n) is 1.70. The molecule has 4 nitrogen and oxygen atoms in total. The van der Waals surface area contributed by atoms with Crippen LogP contribution >= 0.6 is 0 Å². The van der Waals surface area contributed by atoms with Gasteiger partial charge in [-0.1, -0.05) is 0 Å². The second-order valence-corrected chi connectivity index (χ2v) is 2.78. The number of rotatable bonds is 2. The Labute approximate surface area is 88.0 Å². The normalized spacial score (nSPS) is 13.5. The van der Waals surface area contributed by atoms with E-state index in [1.54, 1.807) is 0 Å². The average molecular weight is 262 g/mol. The SMILES string of the molecule is N#Cc1n[nH]nc1C(F)(F)C(F)(F)C(F)(F)F. The summed E-state index contributed by atoms with van der Waals surface area (Å²) in [4.78, 5) is 0. The highest BCUT2D eigenvalue weighted by atomic mass is 19.4. The molecule has 1 aromatic heterocycles. The zero-order valence-corrected chi connectivity index (χ0v) is 7.49. The van der Waals surface area contributed by atoms with Gasteiger partial charge in [-0.15, -0.1) is 5.10 Å². The molecule has 0 spiro atoms. The lowest BCUT2D eigenvalue weighted by Gasteiger charge is -2.26. The highest BCUT2D eigenvalue weighted by Gasteiger charge is 2.75. The second-order valence-electron chi connectivity index (χ2n) is 2.78. The maximum atomic E-state index is 13.0. The number of hydrogen-bond donors (Lipinski definition) is 1. The highest BCUT2D eigenvalue weighted by Crippen LogP contribution is 2.51. The van der Waals surface area contributed by atoms with E-state index in [1.165, 1.54) is 5.21 Å². The molecule has 94 valence electrons. The monoisotopic (exact) mass is 262 g/mol. The minimum atomic E-state index is -6.48. The van der Waals surface area contributed by atoms with E-state index in [0.717, 1.165) is 6.07 Å². The summed E-state index contributed by atoms with van der Waals surface area (Å²) in [5.74, 6) is -12.0. The van der Waals surface area contributed by atoms with E-state index in [2.05, 4.69) is 10.2 Å². The van der Waals surface area contributed by atoms with Crippen molar-refractivity contribution in [2.75, 3.05) is 0 Å². The predicted octanol–water partition coefficient (Wildman–Crippen LogP) is 1.97. The molecule has 0 aliphatic rings. The number of H-pyrrole nitrogens is 1. The quantitative estimate of drug-likeness (QED) is 0.828. The fourth-order valence-electron chi connectivity index (χ4n) is 0.854. The summed E-state index contributed by atoms with van der Waals surface area (Å²) in [5.41, 5.74) is -3.39. The average Bonchev–Trinajstić information content (AvgIpc) is 2.63. The topological polar surface area (TPSA) is 65.4 Å². The zero-order valence-electron chi connectivity index (χ0n) is 7.49. The summed E-state index contributed by atoms with van der Waals surface area (Å²) in [6.45, 7) is 0. The van der Waals surface area contributed by atoms with E-state index in [-0.39, 0.29) is 0 Å². The maximum absolute atomic E-state index is 13.0. The summed E-state index contributed by atoms with van der Waals surface area (Å²) in [6.07, 6.45) is -6.48. The molecule has 0 aromatic carbocycles. The minimum absolute atomic E-state index is 0.920. The van der Waals surface area contributed by atoms with Crippen LogP contribution < -0.4 is 0 Å². The molecule has 0 aliphatic carbocycles. The number of halogens is 7. The van der Waals surface area contributed by atoms with Crippen LogP contribution in [0.1, 0.15) is 11.4 Å². The van der Waals surface area contributed by atoms with Gasteiger partial charge in [0.2, 0.25) is 0 Å². The third kappa shape index (κ3) is 1.79. The van der Waals surface area contributed by atoms with Crippen LogP contribution in [0.5, 0.6) is 0 Å². The van der Waals surface area contributed by atoms with Crippen LogP contribution in [0.3, 0.4) is 0 Å². The van der Waals surface area contributed by atoms with Gasteiger partial charge in [-0.25, -0.2) is 0 Å². The van der Waals surface area contributed by atoms with Crippen molar-refractivity contribution in [2.24, 2.45) is 0 Å². The van der Waals surface area contributed by atoms with Gasteiger partial charge in [0, 0.05) is 0 Å². The summed E-state index contributed by atoms with van der Waals surface area (Å²) in [5, 5.41) is 14.8. The number of nitrogens with zero attached hydrogens (tertiary/aromatic N) is 3. The number of alkyl halides is 7. The van der Waals surface area contributed by atoms with Crippen molar-refractivity contribution < 1.29 is 30.7 Å². The van der Waals surface area contributed by atoms with Crippen LogP contribution in [-0.2, 0) is 5.92 Å². The fourth-order valence-corrected chi connectivity index (χ4v) is 0.854. The van der Waals surface area contributed by atoms with E-state index in [1.807, 2.05) is 0 Å². The number of nitrogens with one attached hydrogen (secondary N) is 1. The van der Waals surface area contributed by atoms with Gasteiger partial charge in [0.05, 0.1) is 0 Å². The molecular formula is C6HF7N4. The molecule has 1 aromatic rings. The highest BCUT2D eigenvalue weighted by molar-refractivity contribution is 5.29. The van der Waals surface area contributed by atoms with Gasteiger partial charge in [-0.2, -0.15) is 46.3 Å². The first-order valence-corrected chi connectivity index (χ1v) is 3.69. The minimum Gasteiger partial charge on any atom is -0.196 e. The lowest BCUT2D eigenvalue weighted by atomic mass is 10.1. The van der Waals surface area contributed by atoms with Gasteiger partial charge in [0.15, 0.2) is 11.4 Å². The summed E-state index contributed by atoms with van der Waals surface area (Å²) in [7, 11) is 0. The Balaban J connectivity index is 3.35. The molecule has 1 heterocycles. The fraction of sp³-hybridized carbons (Fsp3) is 0.500. The second kappa shape index (κ2) is 3.57. The standard InChI is InChI=1S/C6HF7N4/c7-4(8,5(9,10)6(11,12)13)3-2(1-14)15-17-16-3/h(H,15,16,17). The Morgan fingerprint density at radius 1 is 1.00 bits per heavy atom.